The van der Waals surface area contributed by atoms with Crippen LogP contribution in [0.3, 0.4) is 0 Å². The van der Waals surface area contributed by atoms with Crippen molar-refractivity contribution < 1.29 is 14.4 Å². The van der Waals surface area contributed by atoms with Gasteiger partial charge in [-0.05, 0) is 97.6 Å². The summed E-state index contributed by atoms with van der Waals surface area (Å²) in [5.74, 6) is 0.444. The minimum Gasteiger partial charge on any atom is -0.344 e. The summed E-state index contributed by atoms with van der Waals surface area (Å²) in [6.45, 7) is 7.48. The molecule has 4 atom stereocenters. The van der Waals surface area contributed by atoms with E-state index in [0.717, 1.165) is 90.4 Å². The zero-order chi connectivity index (χ0) is 32.5. The first-order valence-electron chi connectivity index (χ1n) is 17.8. The van der Waals surface area contributed by atoms with Gasteiger partial charge in [-0.15, -0.1) is 0 Å². The molecule has 1 N–H and O–H groups in total. The molecular formula is C39H49N5O3. The zero-order valence-electron chi connectivity index (χ0n) is 28.0. The summed E-state index contributed by atoms with van der Waals surface area (Å²) >= 11 is 0. The second-order valence-corrected chi connectivity index (χ2v) is 14.2. The normalized spacial score (nSPS) is 27.1. The molecular weight excluding hydrogens is 586 g/mol. The van der Waals surface area contributed by atoms with E-state index in [0.29, 0.717) is 11.9 Å². The number of allylic oxidation sites excluding steroid dienone is 2. The van der Waals surface area contributed by atoms with Crippen molar-refractivity contribution in [3.8, 4) is 0 Å². The standard InChI is InChI=1S/C20H25N3O2.C19H24N2O/c1-14(24)21-19-7-4-11-22-12-10-17(23(22)20(19)25)13-16-9-8-15-5-2-3-6-18(15)16;1-14-5-4-11-20-12-10-17(21(20)19(14)22)13-16-9-8-15-6-2-3-7-18(15)16/h2-3,5-6,9,17,19H,4,7-8,10-13H2,1H3,(H,21,24);2-3,6-7,9,14,17H,4-5,8,10-13H2,1H3/t17-,19-;14-,17-/m00/s1. The van der Waals surface area contributed by atoms with Crippen LogP contribution in [0.5, 0.6) is 0 Å². The highest BCUT2D eigenvalue weighted by Crippen LogP contribution is 2.37. The highest BCUT2D eigenvalue weighted by molar-refractivity contribution is 5.87. The molecule has 4 fully saturated rings. The van der Waals surface area contributed by atoms with E-state index in [1.807, 2.05) is 5.01 Å². The van der Waals surface area contributed by atoms with Crippen LogP contribution in [-0.4, -0.2) is 82.1 Å². The molecule has 8 heteroatoms. The van der Waals surface area contributed by atoms with Crippen molar-refractivity contribution in [2.45, 2.75) is 96.2 Å². The number of hydrogen-bond donors (Lipinski definition) is 1. The number of nitrogens with zero attached hydrogens (tertiary/aromatic N) is 4. The lowest BCUT2D eigenvalue weighted by Gasteiger charge is -2.32. The van der Waals surface area contributed by atoms with Crippen molar-refractivity contribution in [2.24, 2.45) is 5.92 Å². The maximum Gasteiger partial charge on any atom is 0.259 e. The summed E-state index contributed by atoms with van der Waals surface area (Å²) < 4.78 is 0. The highest BCUT2D eigenvalue weighted by Gasteiger charge is 2.42. The molecule has 2 aliphatic carbocycles. The topological polar surface area (TPSA) is 76.2 Å². The van der Waals surface area contributed by atoms with Crippen LogP contribution in [0.25, 0.3) is 11.1 Å². The van der Waals surface area contributed by atoms with E-state index in [2.05, 4.69) is 88.0 Å². The lowest BCUT2D eigenvalue weighted by atomic mass is 9.97. The van der Waals surface area contributed by atoms with Crippen molar-refractivity contribution in [1.82, 2.24) is 25.4 Å². The monoisotopic (exact) mass is 635 g/mol. The third-order valence-corrected chi connectivity index (χ3v) is 11.0. The summed E-state index contributed by atoms with van der Waals surface area (Å²) in [7, 11) is 0. The summed E-state index contributed by atoms with van der Waals surface area (Å²) in [6, 6.07) is 17.4. The van der Waals surface area contributed by atoms with E-state index < -0.39 is 0 Å². The van der Waals surface area contributed by atoms with Gasteiger partial charge in [-0.25, -0.2) is 10.0 Å². The van der Waals surface area contributed by atoms with Crippen LogP contribution in [0.1, 0.15) is 87.5 Å². The summed E-state index contributed by atoms with van der Waals surface area (Å²) in [6.07, 6.45) is 14.5. The van der Waals surface area contributed by atoms with Crippen LogP contribution in [0.2, 0.25) is 0 Å². The largest absolute Gasteiger partial charge is 0.344 e. The maximum atomic E-state index is 13.0. The Bertz CT molecular complexity index is 1580. The predicted molar refractivity (Wildman–Crippen MR) is 184 cm³/mol. The van der Waals surface area contributed by atoms with Gasteiger partial charge >= 0.3 is 0 Å². The lowest BCUT2D eigenvalue weighted by Crippen LogP contribution is -2.52. The summed E-state index contributed by atoms with van der Waals surface area (Å²) in [4.78, 5) is 37.2. The predicted octanol–water partition coefficient (Wildman–Crippen LogP) is 5.40. The van der Waals surface area contributed by atoms with E-state index >= 15 is 0 Å². The van der Waals surface area contributed by atoms with Gasteiger partial charge in [0.25, 0.3) is 5.91 Å². The van der Waals surface area contributed by atoms with Gasteiger partial charge in [-0.1, -0.05) is 67.6 Å². The minimum atomic E-state index is -0.382. The van der Waals surface area contributed by atoms with E-state index in [-0.39, 0.29) is 29.8 Å². The molecule has 3 amide bonds. The summed E-state index contributed by atoms with van der Waals surface area (Å²) in [5.41, 5.74) is 8.34. The van der Waals surface area contributed by atoms with Crippen LogP contribution < -0.4 is 5.32 Å². The smallest absolute Gasteiger partial charge is 0.259 e. The Hall–Kier alpha value is -3.75. The molecule has 6 aliphatic rings. The average molecular weight is 636 g/mol. The number of carbonyl (C=O) groups is 3. The summed E-state index contributed by atoms with van der Waals surface area (Å²) in [5, 5.41) is 11.4. The SMILES string of the molecule is CC(=O)N[C@H]1CCCN2CC[C@@H](CC3=CCc4ccccc43)N2C1=O.C[C@H]1CCCN2CC[C@@H](CC3=CCc4ccccc43)N2C1=O. The number of fused-ring (bicyclic) bond motifs is 4. The van der Waals surface area contributed by atoms with Gasteiger partial charge in [0, 0.05) is 39.0 Å². The van der Waals surface area contributed by atoms with Crippen LogP contribution in [0.4, 0.5) is 0 Å². The van der Waals surface area contributed by atoms with Crippen molar-refractivity contribution in [3.05, 3.63) is 82.9 Å². The Morgan fingerprint density at radius 1 is 0.702 bits per heavy atom. The molecule has 8 rings (SSSR count). The first-order chi connectivity index (χ1) is 22.9. The number of hydrazine groups is 2. The van der Waals surface area contributed by atoms with E-state index in [1.54, 1.807) is 0 Å². The van der Waals surface area contributed by atoms with Gasteiger partial charge in [0.15, 0.2) is 0 Å². The molecule has 0 aromatic heterocycles. The minimum absolute atomic E-state index is 0.0575. The molecule has 2 aromatic rings. The number of benzene rings is 2. The molecule has 0 spiro atoms. The van der Waals surface area contributed by atoms with Crippen molar-refractivity contribution in [1.29, 1.82) is 0 Å². The fourth-order valence-electron chi connectivity index (χ4n) is 8.65. The third-order valence-electron chi connectivity index (χ3n) is 11.0. The van der Waals surface area contributed by atoms with Gasteiger partial charge < -0.3 is 5.32 Å². The van der Waals surface area contributed by atoms with Crippen molar-refractivity contribution in [3.63, 3.8) is 0 Å². The molecule has 248 valence electrons. The number of rotatable bonds is 5. The third kappa shape index (κ3) is 6.55. The number of hydrogen-bond acceptors (Lipinski definition) is 5. The Kier molecular flexibility index (Phi) is 9.33. The number of carbonyl (C=O) groups excluding carboxylic acids is 3. The highest BCUT2D eigenvalue weighted by atomic mass is 16.2. The van der Waals surface area contributed by atoms with E-state index in [4.69, 9.17) is 0 Å². The molecule has 0 saturated carbocycles. The van der Waals surface area contributed by atoms with Crippen LogP contribution in [0.15, 0.2) is 60.7 Å². The Balaban J connectivity index is 0.000000151. The molecule has 4 aliphatic heterocycles. The van der Waals surface area contributed by atoms with Crippen LogP contribution >= 0.6 is 0 Å². The van der Waals surface area contributed by atoms with Crippen molar-refractivity contribution in [2.75, 3.05) is 26.2 Å². The second-order valence-electron chi connectivity index (χ2n) is 14.2. The molecule has 4 saturated heterocycles. The first kappa shape index (κ1) is 31.8. The van der Waals surface area contributed by atoms with Crippen molar-refractivity contribution >= 4 is 28.9 Å². The molecule has 47 heavy (non-hydrogen) atoms. The average Bonchev–Trinajstić information content (AvgIpc) is 3.83. The second kappa shape index (κ2) is 13.8. The molecule has 4 heterocycles. The van der Waals surface area contributed by atoms with Gasteiger partial charge in [-0.3, -0.25) is 24.4 Å². The van der Waals surface area contributed by atoms with E-state index in [9.17, 15) is 14.4 Å². The van der Waals surface area contributed by atoms with Gasteiger partial charge in [-0.2, -0.15) is 0 Å². The van der Waals surface area contributed by atoms with Gasteiger partial charge in [0.1, 0.15) is 6.04 Å². The molecule has 0 radical (unpaired) electrons. The number of amides is 3. The first-order valence-corrected chi connectivity index (χ1v) is 17.8. The number of nitrogens with one attached hydrogen (secondary N) is 1. The molecule has 2 aromatic carbocycles. The molecule has 8 nitrogen and oxygen atoms in total. The zero-order valence-corrected chi connectivity index (χ0v) is 28.0. The molecule has 0 unspecified atom stereocenters. The van der Waals surface area contributed by atoms with Gasteiger partial charge in [0.05, 0.1) is 12.1 Å². The quantitative estimate of drug-likeness (QED) is 0.477. The van der Waals surface area contributed by atoms with Gasteiger partial charge in [0.2, 0.25) is 11.8 Å². The van der Waals surface area contributed by atoms with Crippen LogP contribution in [0, 0.1) is 5.92 Å². The van der Waals surface area contributed by atoms with E-state index in [1.165, 1.54) is 40.3 Å². The Morgan fingerprint density at radius 2 is 1.21 bits per heavy atom. The fourth-order valence-corrected chi connectivity index (χ4v) is 8.65. The molecule has 0 bridgehead atoms. The Labute approximate surface area is 279 Å². The Morgan fingerprint density at radius 3 is 1.77 bits per heavy atom. The fraction of sp³-hybridized carbons (Fsp3) is 0.513. The maximum absolute atomic E-state index is 13.0. The van der Waals surface area contributed by atoms with Crippen LogP contribution in [-0.2, 0) is 27.2 Å². The lowest BCUT2D eigenvalue weighted by molar-refractivity contribution is -0.149.